The third-order valence-electron chi connectivity index (χ3n) is 3.06. The molecule has 0 saturated heterocycles. The summed E-state index contributed by atoms with van der Waals surface area (Å²) in [6, 6.07) is 6.07. The Bertz CT molecular complexity index is 615. The van der Waals surface area contributed by atoms with Crippen molar-refractivity contribution in [3.8, 4) is 5.75 Å². The van der Waals surface area contributed by atoms with E-state index < -0.39 is 0 Å². The molecule has 0 aliphatic rings. The molecule has 120 valence electrons. The molecule has 0 saturated carbocycles. The standard InChI is InChI=1S/C15H21ClN4O2/c1-11-9-12(16)5-6-13(11)21-8-7-20(4)15-18-17-14(22-15)10-19(2)3/h5-6,9H,7-8,10H2,1-4H3. The van der Waals surface area contributed by atoms with Gasteiger partial charge in [-0.25, -0.2) is 0 Å². The van der Waals surface area contributed by atoms with E-state index in [0.29, 0.717) is 36.6 Å². The molecule has 7 heteroatoms. The molecule has 6 nitrogen and oxygen atoms in total. The molecule has 0 bridgehead atoms. The predicted octanol–water partition coefficient (Wildman–Crippen LogP) is 2.61. The monoisotopic (exact) mass is 324 g/mol. The van der Waals surface area contributed by atoms with Gasteiger partial charge in [0.05, 0.1) is 13.1 Å². The van der Waals surface area contributed by atoms with Crippen molar-refractivity contribution in [2.24, 2.45) is 0 Å². The SMILES string of the molecule is Cc1cc(Cl)ccc1OCCN(C)c1nnc(CN(C)C)o1. The second kappa shape index (κ2) is 7.47. The van der Waals surface area contributed by atoms with Crippen LogP contribution >= 0.6 is 11.6 Å². The van der Waals surface area contributed by atoms with Gasteiger partial charge in [-0.1, -0.05) is 16.7 Å². The molecule has 22 heavy (non-hydrogen) atoms. The molecule has 0 atom stereocenters. The second-order valence-corrected chi connectivity index (χ2v) is 5.83. The molecule has 0 radical (unpaired) electrons. The predicted molar refractivity (Wildman–Crippen MR) is 86.6 cm³/mol. The number of ether oxygens (including phenoxy) is 1. The Labute approximate surface area is 135 Å². The number of nitrogens with zero attached hydrogens (tertiary/aromatic N) is 4. The van der Waals surface area contributed by atoms with Crippen LogP contribution in [0.25, 0.3) is 0 Å². The summed E-state index contributed by atoms with van der Waals surface area (Å²) in [7, 11) is 5.80. The number of aryl methyl sites for hydroxylation is 1. The molecular weight excluding hydrogens is 304 g/mol. The number of hydrogen-bond acceptors (Lipinski definition) is 6. The van der Waals surface area contributed by atoms with Gasteiger partial charge in [0.1, 0.15) is 12.4 Å². The zero-order chi connectivity index (χ0) is 16.1. The number of anilines is 1. The first kappa shape index (κ1) is 16.6. The fraction of sp³-hybridized carbons (Fsp3) is 0.467. The average Bonchev–Trinajstić information content (AvgIpc) is 2.88. The number of aromatic nitrogens is 2. The topological polar surface area (TPSA) is 54.6 Å². The van der Waals surface area contributed by atoms with E-state index in [1.165, 1.54) is 0 Å². The van der Waals surface area contributed by atoms with Crippen molar-refractivity contribution >= 4 is 17.6 Å². The van der Waals surface area contributed by atoms with E-state index in [4.69, 9.17) is 20.8 Å². The number of rotatable bonds is 7. The highest BCUT2D eigenvalue weighted by Gasteiger charge is 2.11. The first-order valence-electron chi connectivity index (χ1n) is 7.03. The maximum atomic E-state index is 5.92. The molecule has 0 N–H and O–H groups in total. The van der Waals surface area contributed by atoms with Crippen LogP contribution in [0.2, 0.25) is 5.02 Å². The van der Waals surface area contributed by atoms with E-state index in [2.05, 4.69) is 10.2 Å². The fourth-order valence-electron chi connectivity index (χ4n) is 1.90. The maximum Gasteiger partial charge on any atom is 0.318 e. The first-order valence-corrected chi connectivity index (χ1v) is 7.40. The lowest BCUT2D eigenvalue weighted by Crippen LogP contribution is -2.24. The molecule has 0 amide bonds. The summed E-state index contributed by atoms with van der Waals surface area (Å²) in [6.45, 7) is 3.76. The summed E-state index contributed by atoms with van der Waals surface area (Å²) < 4.78 is 11.3. The minimum absolute atomic E-state index is 0.494. The lowest BCUT2D eigenvalue weighted by molar-refractivity contribution is 0.317. The van der Waals surface area contributed by atoms with Gasteiger partial charge in [0.15, 0.2) is 0 Å². The van der Waals surface area contributed by atoms with E-state index in [9.17, 15) is 0 Å². The second-order valence-electron chi connectivity index (χ2n) is 5.40. The zero-order valence-corrected chi connectivity index (χ0v) is 14.1. The van der Waals surface area contributed by atoms with Gasteiger partial charge in [0.25, 0.3) is 0 Å². The summed E-state index contributed by atoms with van der Waals surface area (Å²) in [4.78, 5) is 3.85. The third-order valence-corrected chi connectivity index (χ3v) is 3.29. The number of likely N-dealkylation sites (N-methyl/N-ethyl adjacent to an activating group) is 1. The molecule has 0 aliphatic carbocycles. The summed E-state index contributed by atoms with van der Waals surface area (Å²) in [6.07, 6.45) is 0. The van der Waals surface area contributed by atoms with Crippen LogP contribution < -0.4 is 9.64 Å². The number of hydrogen-bond donors (Lipinski definition) is 0. The number of halogens is 1. The lowest BCUT2D eigenvalue weighted by Gasteiger charge is -2.15. The van der Waals surface area contributed by atoms with Crippen LogP contribution in [0.1, 0.15) is 11.5 Å². The van der Waals surface area contributed by atoms with Crippen LogP contribution in [0, 0.1) is 6.92 Å². The van der Waals surface area contributed by atoms with Crippen LogP contribution in [-0.2, 0) is 6.54 Å². The average molecular weight is 325 g/mol. The Balaban J connectivity index is 1.84. The van der Waals surface area contributed by atoms with Gasteiger partial charge < -0.3 is 19.0 Å². The van der Waals surface area contributed by atoms with Gasteiger partial charge in [-0.2, -0.15) is 0 Å². The van der Waals surface area contributed by atoms with Crippen LogP contribution in [0.3, 0.4) is 0 Å². The maximum absolute atomic E-state index is 5.92. The quantitative estimate of drug-likeness (QED) is 0.780. The van der Waals surface area contributed by atoms with Crippen molar-refractivity contribution in [3.63, 3.8) is 0 Å². The summed E-state index contributed by atoms with van der Waals surface area (Å²) in [5.74, 6) is 1.43. The smallest absolute Gasteiger partial charge is 0.318 e. The molecule has 0 spiro atoms. The van der Waals surface area contributed by atoms with Crippen LogP contribution in [0.5, 0.6) is 5.75 Å². The molecule has 0 aliphatic heterocycles. The van der Waals surface area contributed by atoms with Gasteiger partial charge in [-0.05, 0) is 44.8 Å². The first-order chi connectivity index (χ1) is 10.5. The molecule has 1 aromatic heterocycles. The summed E-state index contributed by atoms with van der Waals surface area (Å²) >= 11 is 5.92. The van der Waals surface area contributed by atoms with Crippen LogP contribution in [0.15, 0.2) is 22.6 Å². The van der Waals surface area contributed by atoms with E-state index in [0.717, 1.165) is 11.3 Å². The van der Waals surface area contributed by atoms with E-state index in [-0.39, 0.29) is 0 Å². The largest absolute Gasteiger partial charge is 0.491 e. The Morgan fingerprint density at radius 2 is 2.00 bits per heavy atom. The molecule has 1 aromatic carbocycles. The lowest BCUT2D eigenvalue weighted by atomic mass is 10.2. The number of benzene rings is 1. The van der Waals surface area contributed by atoms with E-state index >= 15 is 0 Å². The van der Waals surface area contributed by atoms with Crippen LogP contribution in [-0.4, -0.2) is 49.4 Å². The summed E-state index contributed by atoms with van der Waals surface area (Å²) in [5, 5.41) is 8.76. The molecule has 2 aromatic rings. The van der Waals surface area contributed by atoms with Crippen molar-refractivity contribution in [1.29, 1.82) is 0 Å². The highest BCUT2D eigenvalue weighted by atomic mass is 35.5. The molecule has 1 heterocycles. The fourth-order valence-corrected chi connectivity index (χ4v) is 2.12. The van der Waals surface area contributed by atoms with Crippen molar-refractivity contribution in [3.05, 3.63) is 34.7 Å². The Morgan fingerprint density at radius 1 is 1.23 bits per heavy atom. The van der Waals surface area contributed by atoms with Gasteiger partial charge in [-0.3, -0.25) is 0 Å². The Hall–Kier alpha value is -1.79. The zero-order valence-electron chi connectivity index (χ0n) is 13.3. The Morgan fingerprint density at radius 3 is 2.68 bits per heavy atom. The van der Waals surface area contributed by atoms with Gasteiger partial charge in [0.2, 0.25) is 5.89 Å². The highest BCUT2D eigenvalue weighted by Crippen LogP contribution is 2.21. The normalized spacial score (nSPS) is 11.0. The summed E-state index contributed by atoms with van der Waals surface area (Å²) in [5.41, 5.74) is 1.02. The van der Waals surface area contributed by atoms with Crippen molar-refractivity contribution in [2.45, 2.75) is 13.5 Å². The molecule has 2 rings (SSSR count). The highest BCUT2D eigenvalue weighted by molar-refractivity contribution is 6.30. The minimum atomic E-state index is 0.494. The molecule has 0 unspecified atom stereocenters. The van der Waals surface area contributed by atoms with Crippen molar-refractivity contribution < 1.29 is 9.15 Å². The van der Waals surface area contributed by atoms with Gasteiger partial charge >= 0.3 is 6.01 Å². The van der Waals surface area contributed by atoms with Crippen molar-refractivity contribution in [2.75, 3.05) is 39.2 Å². The van der Waals surface area contributed by atoms with E-state index in [1.807, 2.05) is 56.1 Å². The van der Waals surface area contributed by atoms with Crippen molar-refractivity contribution in [1.82, 2.24) is 15.1 Å². The van der Waals surface area contributed by atoms with E-state index in [1.54, 1.807) is 0 Å². The minimum Gasteiger partial charge on any atom is -0.491 e. The third kappa shape index (κ3) is 4.61. The van der Waals surface area contributed by atoms with Gasteiger partial charge in [0, 0.05) is 12.1 Å². The molecule has 0 fully saturated rings. The van der Waals surface area contributed by atoms with Gasteiger partial charge in [-0.15, -0.1) is 5.10 Å². The molecular formula is C15H21ClN4O2. The Kier molecular flexibility index (Phi) is 5.63. The van der Waals surface area contributed by atoms with Crippen LogP contribution in [0.4, 0.5) is 6.01 Å².